The van der Waals surface area contributed by atoms with Gasteiger partial charge in [-0.1, -0.05) is 17.7 Å². The van der Waals surface area contributed by atoms with Crippen LogP contribution in [0, 0.1) is 13.8 Å². The third-order valence-corrected chi connectivity index (χ3v) is 6.40. The van der Waals surface area contributed by atoms with Crippen LogP contribution < -0.4 is 15.4 Å². The average Bonchev–Trinajstić information content (AvgIpc) is 3.45. The Hall–Kier alpha value is -3.85. The van der Waals surface area contributed by atoms with E-state index >= 15 is 0 Å². The van der Waals surface area contributed by atoms with E-state index in [1.54, 1.807) is 10.7 Å². The van der Waals surface area contributed by atoms with E-state index in [0.717, 1.165) is 33.4 Å². The van der Waals surface area contributed by atoms with E-state index in [-0.39, 0.29) is 18.2 Å². The molecule has 1 fully saturated rings. The number of nitrogens with two attached hydrogens (primary N) is 1. The summed E-state index contributed by atoms with van der Waals surface area (Å²) in [6.45, 7) is 8.03. The van der Waals surface area contributed by atoms with Crippen molar-refractivity contribution in [1.29, 1.82) is 0 Å². The summed E-state index contributed by atoms with van der Waals surface area (Å²) in [5, 5.41) is 5.18. The molecule has 1 saturated heterocycles. The summed E-state index contributed by atoms with van der Waals surface area (Å²) in [6, 6.07) is 11.5. The smallest absolute Gasteiger partial charge is 0.214 e. The molecule has 2 aromatic heterocycles. The van der Waals surface area contributed by atoms with Crippen LogP contribution in [0.3, 0.4) is 0 Å². The lowest BCUT2D eigenvalue weighted by Gasteiger charge is -2.30. The van der Waals surface area contributed by atoms with Crippen LogP contribution in [-0.4, -0.2) is 59.6 Å². The number of hydrogen-bond acceptors (Lipinski definition) is 6. The molecular formula is C27H30FN5O3. The van der Waals surface area contributed by atoms with Gasteiger partial charge in [0.25, 0.3) is 0 Å². The second-order valence-electron chi connectivity index (χ2n) is 9.26. The number of anilines is 2. The maximum atomic E-state index is 13.6. The van der Waals surface area contributed by atoms with Crippen LogP contribution >= 0.6 is 0 Å². The number of aromatic amines is 1. The van der Waals surface area contributed by atoms with E-state index in [2.05, 4.69) is 15.0 Å². The number of aryl methyl sites for hydroxylation is 2. The molecule has 1 atom stereocenters. The molecule has 3 heterocycles. The minimum absolute atomic E-state index is 0.0484. The first-order chi connectivity index (χ1) is 17.3. The molecule has 1 unspecified atom stereocenters. The molecule has 9 heteroatoms. The van der Waals surface area contributed by atoms with Gasteiger partial charge in [0.15, 0.2) is 0 Å². The zero-order chi connectivity index (χ0) is 25.4. The molecule has 36 heavy (non-hydrogen) atoms. The number of ether oxygens (including phenoxy) is 2. The number of nitrogens with one attached hydrogen (secondary N) is 1. The van der Waals surface area contributed by atoms with Crippen LogP contribution in [0.1, 0.15) is 34.1 Å². The minimum Gasteiger partial charge on any atom is -0.488 e. The van der Waals surface area contributed by atoms with E-state index in [4.69, 9.17) is 15.2 Å². The number of alkyl halides is 1. The SMILES string of the molecule is Cc1ccc(-n2ncc(C(=O)c3cc4cc(OCC(C)F)c(N5CCOCC5)cc4[nH]3)c2N)c(C)c1. The van der Waals surface area contributed by atoms with E-state index in [9.17, 15) is 9.18 Å². The highest BCUT2D eigenvalue weighted by Crippen LogP contribution is 2.35. The highest BCUT2D eigenvalue weighted by atomic mass is 19.1. The molecule has 3 N–H and O–H groups in total. The molecule has 0 amide bonds. The van der Waals surface area contributed by atoms with Gasteiger partial charge in [0.2, 0.25) is 5.78 Å². The summed E-state index contributed by atoms with van der Waals surface area (Å²) in [4.78, 5) is 18.8. The Labute approximate surface area is 208 Å². The highest BCUT2D eigenvalue weighted by Gasteiger charge is 2.22. The number of carbonyl (C=O) groups excluding carboxylic acids is 1. The first kappa shape index (κ1) is 23.9. The third kappa shape index (κ3) is 4.54. The number of halogens is 1. The number of fused-ring (bicyclic) bond motifs is 1. The Kier molecular flexibility index (Phi) is 6.40. The molecule has 0 aliphatic carbocycles. The molecule has 0 radical (unpaired) electrons. The number of hydrogen-bond donors (Lipinski definition) is 2. The number of morpholine rings is 1. The number of carbonyl (C=O) groups is 1. The lowest BCUT2D eigenvalue weighted by molar-refractivity contribution is 0.103. The fraction of sp³-hybridized carbons (Fsp3) is 0.333. The van der Waals surface area contributed by atoms with E-state index < -0.39 is 6.17 Å². The monoisotopic (exact) mass is 491 g/mol. The fourth-order valence-electron chi connectivity index (χ4n) is 4.56. The predicted octanol–water partition coefficient (Wildman–Crippen LogP) is 4.36. The highest BCUT2D eigenvalue weighted by molar-refractivity contribution is 6.12. The molecular weight excluding hydrogens is 461 g/mol. The summed E-state index contributed by atoms with van der Waals surface area (Å²) >= 11 is 0. The van der Waals surface area contributed by atoms with E-state index in [1.807, 2.05) is 44.2 Å². The maximum Gasteiger partial charge on any atom is 0.214 e. The largest absolute Gasteiger partial charge is 0.488 e. The average molecular weight is 492 g/mol. The van der Waals surface area contributed by atoms with Crippen LogP contribution in [0.2, 0.25) is 0 Å². The Bertz CT molecular complexity index is 1420. The van der Waals surface area contributed by atoms with Gasteiger partial charge in [-0.3, -0.25) is 4.79 Å². The van der Waals surface area contributed by atoms with Crippen LogP contribution in [0.4, 0.5) is 15.9 Å². The third-order valence-electron chi connectivity index (χ3n) is 6.40. The van der Waals surface area contributed by atoms with Crippen molar-refractivity contribution in [2.24, 2.45) is 0 Å². The number of rotatable bonds is 7. The molecule has 5 rings (SSSR count). The number of ketones is 1. The summed E-state index contributed by atoms with van der Waals surface area (Å²) in [7, 11) is 0. The fourth-order valence-corrected chi connectivity index (χ4v) is 4.56. The quantitative estimate of drug-likeness (QED) is 0.373. The van der Waals surface area contributed by atoms with Crippen molar-refractivity contribution in [2.75, 3.05) is 43.5 Å². The number of aromatic nitrogens is 3. The number of H-pyrrole nitrogens is 1. The van der Waals surface area contributed by atoms with Gasteiger partial charge in [-0.2, -0.15) is 5.10 Å². The van der Waals surface area contributed by atoms with Crippen molar-refractivity contribution in [3.05, 3.63) is 65.0 Å². The molecule has 0 bridgehead atoms. The van der Waals surface area contributed by atoms with Gasteiger partial charge in [-0.15, -0.1) is 0 Å². The Morgan fingerprint density at radius 3 is 2.69 bits per heavy atom. The van der Waals surface area contributed by atoms with Crippen molar-refractivity contribution < 1.29 is 18.7 Å². The lowest BCUT2D eigenvalue weighted by atomic mass is 10.1. The maximum absolute atomic E-state index is 13.6. The Balaban J connectivity index is 1.50. The minimum atomic E-state index is -1.10. The Morgan fingerprint density at radius 2 is 1.97 bits per heavy atom. The van der Waals surface area contributed by atoms with Gasteiger partial charge in [-0.05, 0) is 50.6 Å². The molecule has 2 aromatic carbocycles. The van der Waals surface area contributed by atoms with E-state index in [1.165, 1.54) is 13.1 Å². The summed E-state index contributed by atoms with van der Waals surface area (Å²) in [6.07, 6.45) is 0.400. The zero-order valence-electron chi connectivity index (χ0n) is 20.7. The zero-order valence-corrected chi connectivity index (χ0v) is 20.7. The summed E-state index contributed by atoms with van der Waals surface area (Å²) < 4.78 is 26.4. The number of nitrogens with zero attached hydrogens (tertiary/aromatic N) is 3. The van der Waals surface area contributed by atoms with Crippen LogP contribution in [0.5, 0.6) is 5.75 Å². The molecule has 0 spiro atoms. The number of nitrogen functional groups attached to an aromatic ring is 1. The topological polar surface area (TPSA) is 98.4 Å². The molecule has 1 aliphatic heterocycles. The van der Waals surface area contributed by atoms with Crippen molar-refractivity contribution >= 4 is 28.2 Å². The summed E-state index contributed by atoms with van der Waals surface area (Å²) in [5.41, 5.74) is 11.7. The molecule has 188 valence electrons. The van der Waals surface area contributed by atoms with Crippen molar-refractivity contribution in [3.63, 3.8) is 0 Å². The van der Waals surface area contributed by atoms with E-state index in [0.29, 0.717) is 43.3 Å². The second kappa shape index (κ2) is 9.66. The first-order valence-electron chi connectivity index (χ1n) is 12.0. The summed E-state index contributed by atoms with van der Waals surface area (Å²) in [5.74, 6) is 0.599. The van der Waals surface area contributed by atoms with Crippen LogP contribution in [0.25, 0.3) is 16.6 Å². The number of benzene rings is 2. The van der Waals surface area contributed by atoms with Gasteiger partial charge < -0.3 is 25.1 Å². The van der Waals surface area contributed by atoms with Gasteiger partial charge in [-0.25, -0.2) is 9.07 Å². The van der Waals surface area contributed by atoms with Crippen LogP contribution in [-0.2, 0) is 4.74 Å². The van der Waals surface area contributed by atoms with Gasteiger partial charge in [0, 0.05) is 24.0 Å². The van der Waals surface area contributed by atoms with Gasteiger partial charge in [0.1, 0.15) is 24.3 Å². The normalized spacial score (nSPS) is 14.8. The van der Waals surface area contributed by atoms with Crippen molar-refractivity contribution in [1.82, 2.24) is 14.8 Å². The second-order valence-corrected chi connectivity index (χ2v) is 9.26. The molecule has 8 nitrogen and oxygen atoms in total. The lowest BCUT2D eigenvalue weighted by Crippen LogP contribution is -2.36. The predicted molar refractivity (Wildman–Crippen MR) is 138 cm³/mol. The van der Waals surface area contributed by atoms with Gasteiger partial charge in [0.05, 0.1) is 42.0 Å². The standard InChI is InChI=1S/C27H30FN5O3/c1-16-4-5-23(17(2)10-16)33-27(29)20(14-30-33)26(34)22-11-19-12-25(36-15-18(3)28)24(13-21(19)31-22)32-6-8-35-9-7-32/h4-5,10-14,18,31H,6-9,15,29H2,1-3H3. The Morgan fingerprint density at radius 1 is 1.19 bits per heavy atom. The molecule has 4 aromatic rings. The molecule has 1 aliphatic rings. The van der Waals surface area contributed by atoms with Crippen molar-refractivity contribution in [3.8, 4) is 11.4 Å². The first-order valence-corrected chi connectivity index (χ1v) is 12.0. The molecule has 0 saturated carbocycles. The van der Waals surface area contributed by atoms with Crippen molar-refractivity contribution in [2.45, 2.75) is 26.9 Å². The van der Waals surface area contributed by atoms with Crippen LogP contribution in [0.15, 0.2) is 42.6 Å². The van der Waals surface area contributed by atoms with Gasteiger partial charge >= 0.3 is 0 Å².